The molecule has 0 aliphatic heterocycles. The zero-order valence-corrected chi connectivity index (χ0v) is 13.4. The Morgan fingerprint density at radius 2 is 1.87 bits per heavy atom. The number of likely N-dealkylation sites (N-methyl/N-ethyl adjacent to an activating group) is 1. The molecule has 0 aromatic heterocycles. The predicted molar refractivity (Wildman–Crippen MR) is 89.8 cm³/mol. The highest BCUT2D eigenvalue weighted by molar-refractivity contribution is 6.30. The first-order chi connectivity index (χ1) is 11.1. The van der Waals surface area contributed by atoms with Crippen LogP contribution in [0.3, 0.4) is 0 Å². The lowest BCUT2D eigenvalue weighted by atomic mass is 10.2. The Hall–Kier alpha value is -2.71. The van der Waals surface area contributed by atoms with Gasteiger partial charge in [0.05, 0.1) is 18.2 Å². The van der Waals surface area contributed by atoms with E-state index in [9.17, 15) is 4.79 Å². The zero-order valence-electron chi connectivity index (χ0n) is 12.6. The lowest BCUT2D eigenvalue weighted by Crippen LogP contribution is -2.34. The second-order valence-electron chi connectivity index (χ2n) is 4.84. The SMILES string of the molecule is CN(CCOc1ccc(Cl)cc1)C(=O)Nc1ccc(C#N)cc1. The van der Waals surface area contributed by atoms with Gasteiger partial charge in [0, 0.05) is 17.8 Å². The van der Waals surface area contributed by atoms with Crippen LogP contribution >= 0.6 is 11.6 Å². The Bertz CT molecular complexity index is 693. The topological polar surface area (TPSA) is 65.4 Å². The first-order valence-corrected chi connectivity index (χ1v) is 7.37. The lowest BCUT2D eigenvalue weighted by Gasteiger charge is -2.18. The molecule has 2 rings (SSSR count). The average molecular weight is 330 g/mol. The molecular weight excluding hydrogens is 314 g/mol. The molecule has 6 heteroatoms. The molecule has 0 aliphatic carbocycles. The van der Waals surface area contributed by atoms with E-state index >= 15 is 0 Å². The van der Waals surface area contributed by atoms with Gasteiger partial charge in [0.2, 0.25) is 0 Å². The molecule has 0 spiro atoms. The molecule has 2 amide bonds. The first kappa shape index (κ1) is 16.7. The summed E-state index contributed by atoms with van der Waals surface area (Å²) in [7, 11) is 1.68. The van der Waals surface area contributed by atoms with Crippen LogP contribution in [-0.2, 0) is 0 Å². The number of carbonyl (C=O) groups excluding carboxylic acids is 1. The summed E-state index contributed by atoms with van der Waals surface area (Å²) in [6.07, 6.45) is 0. The van der Waals surface area contributed by atoms with Crippen LogP contribution in [0.5, 0.6) is 5.75 Å². The summed E-state index contributed by atoms with van der Waals surface area (Å²) in [5.74, 6) is 0.704. The number of rotatable bonds is 5. The van der Waals surface area contributed by atoms with Crippen molar-refractivity contribution in [1.82, 2.24) is 4.90 Å². The number of halogens is 1. The van der Waals surface area contributed by atoms with E-state index in [1.165, 1.54) is 4.90 Å². The summed E-state index contributed by atoms with van der Waals surface area (Å²) in [6, 6.07) is 15.5. The molecule has 0 bridgehead atoms. The summed E-state index contributed by atoms with van der Waals surface area (Å²) < 4.78 is 5.55. The number of hydrogen-bond acceptors (Lipinski definition) is 3. The molecule has 1 N–H and O–H groups in total. The minimum atomic E-state index is -0.241. The Kier molecular flexibility index (Phi) is 5.84. The average Bonchev–Trinajstić information content (AvgIpc) is 2.57. The summed E-state index contributed by atoms with van der Waals surface area (Å²) >= 11 is 5.80. The number of urea groups is 1. The van der Waals surface area contributed by atoms with Crippen LogP contribution in [0.1, 0.15) is 5.56 Å². The molecule has 0 unspecified atom stereocenters. The molecule has 0 heterocycles. The summed E-state index contributed by atoms with van der Waals surface area (Å²) in [4.78, 5) is 13.6. The number of carbonyl (C=O) groups is 1. The van der Waals surface area contributed by atoms with E-state index in [0.717, 1.165) is 0 Å². The third kappa shape index (κ3) is 5.20. The van der Waals surface area contributed by atoms with Crippen molar-refractivity contribution < 1.29 is 9.53 Å². The summed E-state index contributed by atoms with van der Waals surface area (Å²) in [5.41, 5.74) is 1.19. The van der Waals surface area contributed by atoms with Gasteiger partial charge in [-0.25, -0.2) is 4.79 Å². The van der Waals surface area contributed by atoms with Crippen LogP contribution in [0.25, 0.3) is 0 Å². The Balaban J connectivity index is 1.78. The highest BCUT2D eigenvalue weighted by atomic mass is 35.5. The monoisotopic (exact) mass is 329 g/mol. The molecule has 0 fully saturated rings. The number of nitrogens with zero attached hydrogens (tertiary/aromatic N) is 2. The van der Waals surface area contributed by atoms with Gasteiger partial charge in [0.25, 0.3) is 0 Å². The van der Waals surface area contributed by atoms with Crippen LogP contribution in [0, 0.1) is 11.3 Å². The number of amides is 2. The van der Waals surface area contributed by atoms with E-state index in [-0.39, 0.29) is 6.03 Å². The van der Waals surface area contributed by atoms with Gasteiger partial charge in [-0.3, -0.25) is 0 Å². The van der Waals surface area contributed by atoms with Crippen molar-refractivity contribution >= 4 is 23.3 Å². The van der Waals surface area contributed by atoms with Crippen LogP contribution in [0.4, 0.5) is 10.5 Å². The third-order valence-corrected chi connectivity index (χ3v) is 3.37. The fraction of sp³-hybridized carbons (Fsp3) is 0.176. The van der Waals surface area contributed by atoms with Crippen molar-refractivity contribution in [3.8, 4) is 11.8 Å². The predicted octanol–water partition coefficient (Wildman–Crippen LogP) is 3.75. The van der Waals surface area contributed by atoms with E-state index in [1.54, 1.807) is 55.6 Å². The van der Waals surface area contributed by atoms with Gasteiger partial charge in [0.1, 0.15) is 12.4 Å². The Morgan fingerprint density at radius 3 is 2.48 bits per heavy atom. The molecule has 23 heavy (non-hydrogen) atoms. The van der Waals surface area contributed by atoms with Gasteiger partial charge in [-0.2, -0.15) is 5.26 Å². The minimum absolute atomic E-state index is 0.241. The van der Waals surface area contributed by atoms with Crippen molar-refractivity contribution in [1.29, 1.82) is 5.26 Å². The summed E-state index contributed by atoms with van der Waals surface area (Å²) in [6.45, 7) is 0.809. The van der Waals surface area contributed by atoms with E-state index in [1.807, 2.05) is 6.07 Å². The largest absolute Gasteiger partial charge is 0.492 e. The number of nitriles is 1. The molecule has 0 aliphatic rings. The van der Waals surface area contributed by atoms with Gasteiger partial charge in [0.15, 0.2) is 0 Å². The Labute approximate surface area is 140 Å². The van der Waals surface area contributed by atoms with E-state index in [2.05, 4.69) is 5.32 Å². The maximum absolute atomic E-state index is 12.0. The number of ether oxygens (including phenoxy) is 1. The van der Waals surface area contributed by atoms with Gasteiger partial charge < -0.3 is 15.0 Å². The van der Waals surface area contributed by atoms with Crippen molar-refractivity contribution in [2.24, 2.45) is 0 Å². The van der Waals surface area contributed by atoms with Crippen molar-refractivity contribution in [3.05, 3.63) is 59.1 Å². The first-order valence-electron chi connectivity index (χ1n) is 6.99. The molecule has 0 radical (unpaired) electrons. The van der Waals surface area contributed by atoms with E-state index in [0.29, 0.717) is 35.2 Å². The maximum atomic E-state index is 12.0. The van der Waals surface area contributed by atoms with E-state index < -0.39 is 0 Å². The van der Waals surface area contributed by atoms with Crippen LogP contribution < -0.4 is 10.1 Å². The third-order valence-electron chi connectivity index (χ3n) is 3.12. The van der Waals surface area contributed by atoms with Crippen LogP contribution in [-0.4, -0.2) is 31.1 Å². The van der Waals surface area contributed by atoms with Gasteiger partial charge in [-0.05, 0) is 48.5 Å². The second-order valence-corrected chi connectivity index (χ2v) is 5.28. The lowest BCUT2D eigenvalue weighted by molar-refractivity contribution is 0.207. The van der Waals surface area contributed by atoms with Crippen LogP contribution in [0.15, 0.2) is 48.5 Å². The van der Waals surface area contributed by atoms with Crippen LogP contribution in [0.2, 0.25) is 5.02 Å². The quantitative estimate of drug-likeness (QED) is 0.908. The fourth-order valence-corrected chi connectivity index (χ4v) is 1.91. The molecule has 2 aromatic rings. The highest BCUT2D eigenvalue weighted by Gasteiger charge is 2.08. The van der Waals surface area contributed by atoms with Crippen molar-refractivity contribution in [3.63, 3.8) is 0 Å². The smallest absolute Gasteiger partial charge is 0.321 e. The molecule has 5 nitrogen and oxygen atoms in total. The molecular formula is C17H16ClN3O2. The second kappa shape index (κ2) is 8.06. The molecule has 0 saturated heterocycles. The molecule has 118 valence electrons. The highest BCUT2D eigenvalue weighted by Crippen LogP contribution is 2.15. The maximum Gasteiger partial charge on any atom is 0.321 e. The zero-order chi connectivity index (χ0) is 16.7. The van der Waals surface area contributed by atoms with E-state index in [4.69, 9.17) is 21.6 Å². The number of benzene rings is 2. The molecule has 0 saturated carbocycles. The number of nitrogens with one attached hydrogen (secondary N) is 1. The van der Waals surface area contributed by atoms with Gasteiger partial charge in [-0.1, -0.05) is 11.6 Å². The summed E-state index contributed by atoms with van der Waals surface area (Å²) in [5, 5.41) is 12.1. The standard InChI is InChI=1S/C17H16ClN3O2/c1-21(10-11-23-16-8-4-14(18)5-9-16)17(22)20-15-6-2-13(12-19)3-7-15/h2-9H,10-11H2,1H3,(H,20,22). The van der Waals surface area contributed by atoms with Crippen molar-refractivity contribution in [2.75, 3.05) is 25.5 Å². The molecule has 2 aromatic carbocycles. The normalized spacial score (nSPS) is 9.78. The minimum Gasteiger partial charge on any atom is -0.492 e. The number of anilines is 1. The fourth-order valence-electron chi connectivity index (χ4n) is 1.78. The van der Waals surface area contributed by atoms with Gasteiger partial charge >= 0.3 is 6.03 Å². The van der Waals surface area contributed by atoms with Crippen molar-refractivity contribution in [2.45, 2.75) is 0 Å². The Morgan fingerprint density at radius 1 is 1.22 bits per heavy atom. The molecule has 0 atom stereocenters. The van der Waals surface area contributed by atoms with Gasteiger partial charge in [-0.15, -0.1) is 0 Å². The number of hydrogen-bond donors (Lipinski definition) is 1.